The van der Waals surface area contributed by atoms with Gasteiger partial charge in [-0.1, -0.05) is 46.2 Å². The van der Waals surface area contributed by atoms with E-state index in [1.54, 1.807) is 19.1 Å². The SMILES string of the molecule is CCC.CCNS(=O)(=O)c1ccc(CC)cc1. The molecule has 4 heteroatoms. The van der Waals surface area contributed by atoms with Gasteiger partial charge in [0.1, 0.15) is 0 Å². The Bertz CT molecular complexity index is 396. The predicted molar refractivity (Wildman–Crippen MR) is 72.6 cm³/mol. The second-order valence-corrected chi connectivity index (χ2v) is 5.47. The summed E-state index contributed by atoms with van der Waals surface area (Å²) < 4.78 is 25.5. The molecule has 0 saturated heterocycles. The van der Waals surface area contributed by atoms with Gasteiger partial charge in [-0.2, -0.15) is 0 Å². The molecule has 0 aliphatic carbocycles. The van der Waals surface area contributed by atoms with Crippen molar-refractivity contribution in [1.82, 2.24) is 4.72 Å². The first-order chi connectivity index (χ1) is 8.01. The van der Waals surface area contributed by atoms with Crippen molar-refractivity contribution in [2.75, 3.05) is 6.54 Å². The molecule has 0 bridgehead atoms. The van der Waals surface area contributed by atoms with Crippen LogP contribution in [0.25, 0.3) is 0 Å². The predicted octanol–water partition coefficient (Wildman–Crippen LogP) is 2.96. The highest BCUT2D eigenvalue weighted by Gasteiger charge is 2.11. The van der Waals surface area contributed by atoms with E-state index < -0.39 is 10.0 Å². The molecule has 0 heterocycles. The monoisotopic (exact) mass is 257 g/mol. The second-order valence-electron chi connectivity index (χ2n) is 3.71. The molecule has 1 rings (SSSR count). The molecule has 0 amide bonds. The molecule has 0 atom stereocenters. The smallest absolute Gasteiger partial charge is 0.211 e. The van der Waals surface area contributed by atoms with E-state index in [2.05, 4.69) is 18.6 Å². The van der Waals surface area contributed by atoms with Crippen LogP contribution in [-0.4, -0.2) is 15.0 Å². The van der Waals surface area contributed by atoms with Crippen molar-refractivity contribution in [2.45, 2.75) is 45.4 Å². The molecular formula is C13H23NO2S. The fourth-order valence-electron chi connectivity index (χ4n) is 1.18. The minimum atomic E-state index is -3.29. The van der Waals surface area contributed by atoms with E-state index in [9.17, 15) is 8.42 Å². The van der Waals surface area contributed by atoms with E-state index in [1.807, 2.05) is 19.1 Å². The van der Waals surface area contributed by atoms with Gasteiger partial charge in [0.05, 0.1) is 4.90 Å². The molecule has 98 valence electrons. The van der Waals surface area contributed by atoms with Crippen LogP contribution in [0.2, 0.25) is 0 Å². The molecule has 0 aliphatic heterocycles. The van der Waals surface area contributed by atoms with Crippen molar-refractivity contribution in [3.05, 3.63) is 29.8 Å². The minimum absolute atomic E-state index is 0.330. The first-order valence-corrected chi connectivity index (χ1v) is 7.58. The summed E-state index contributed by atoms with van der Waals surface area (Å²) in [5.41, 5.74) is 1.14. The molecule has 0 spiro atoms. The third-order valence-electron chi connectivity index (χ3n) is 1.98. The lowest BCUT2D eigenvalue weighted by Gasteiger charge is -2.04. The minimum Gasteiger partial charge on any atom is -0.211 e. The fraction of sp³-hybridized carbons (Fsp3) is 0.538. The van der Waals surface area contributed by atoms with Gasteiger partial charge in [0.2, 0.25) is 10.0 Å². The third kappa shape index (κ3) is 5.84. The fourth-order valence-corrected chi connectivity index (χ4v) is 2.22. The highest BCUT2D eigenvalue weighted by Crippen LogP contribution is 2.10. The summed E-state index contributed by atoms with van der Waals surface area (Å²) in [5.74, 6) is 0. The first kappa shape index (κ1) is 16.1. The standard InChI is InChI=1S/C10H15NO2S.C3H8/c1-3-9-5-7-10(8-6-9)14(12,13)11-4-2;1-3-2/h5-8,11H,3-4H2,1-2H3;3H2,1-2H3. The van der Waals surface area contributed by atoms with Crippen LogP contribution in [0.1, 0.15) is 39.7 Å². The Hall–Kier alpha value is -0.870. The lowest BCUT2D eigenvalue weighted by molar-refractivity contribution is 0.584. The average Bonchev–Trinajstić information content (AvgIpc) is 2.30. The van der Waals surface area contributed by atoms with E-state index in [-0.39, 0.29) is 0 Å². The molecule has 0 saturated carbocycles. The Labute approximate surface area is 105 Å². The maximum absolute atomic E-state index is 11.5. The van der Waals surface area contributed by atoms with Crippen LogP contribution in [0.15, 0.2) is 29.2 Å². The summed E-state index contributed by atoms with van der Waals surface area (Å²) in [5, 5.41) is 0. The van der Waals surface area contributed by atoms with Gasteiger partial charge in [-0.15, -0.1) is 0 Å². The number of sulfonamides is 1. The zero-order valence-electron chi connectivity index (χ0n) is 11.2. The molecule has 0 radical (unpaired) electrons. The van der Waals surface area contributed by atoms with Crippen LogP contribution >= 0.6 is 0 Å². The average molecular weight is 257 g/mol. The van der Waals surface area contributed by atoms with E-state index >= 15 is 0 Å². The van der Waals surface area contributed by atoms with Crippen LogP contribution in [0, 0.1) is 0 Å². The Kier molecular flexibility index (Phi) is 7.83. The van der Waals surface area contributed by atoms with Crippen LogP contribution in [-0.2, 0) is 16.4 Å². The van der Waals surface area contributed by atoms with E-state index in [0.717, 1.165) is 12.0 Å². The number of benzene rings is 1. The first-order valence-electron chi connectivity index (χ1n) is 6.10. The van der Waals surface area contributed by atoms with Gasteiger partial charge >= 0.3 is 0 Å². The maximum Gasteiger partial charge on any atom is 0.240 e. The van der Waals surface area contributed by atoms with Gasteiger partial charge in [0, 0.05) is 6.54 Å². The number of hydrogen-bond acceptors (Lipinski definition) is 2. The normalized spacial score (nSPS) is 10.6. The number of rotatable bonds is 4. The molecule has 1 N–H and O–H groups in total. The molecule has 3 nitrogen and oxygen atoms in total. The van der Waals surface area contributed by atoms with Gasteiger partial charge in [-0.05, 0) is 24.1 Å². The quantitative estimate of drug-likeness (QED) is 0.901. The van der Waals surface area contributed by atoms with Crippen LogP contribution in [0.4, 0.5) is 0 Å². The van der Waals surface area contributed by atoms with E-state index in [4.69, 9.17) is 0 Å². The van der Waals surface area contributed by atoms with Crippen molar-refractivity contribution < 1.29 is 8.42 Å². The van der Waals surface area contributed by atoms with Crippen LogP contribution in [0.5, 0.6) is 0 Å². The van der Waals surface area contributed by atoms with Crippen molar-refractivity contribution in [3.63, 3.8) is 0 Å². The third-order valence-corrected chi connectivity index (χ3v) is 3.54. The lowest BCUT2D eigenvalue weighted by atomic mass is 10.2. The Morgan fingerprint density at radius 2 is 1.47 bits per heavy atom. The molecular weight excluding hydrogens is 234 g/mol. The largest absolute Gasteiger partial charge is 0.240 e. The summed E-state index contributed by atoms with van der Waals surface area (Å²) in [4.78, 5) is 0.330. The van der Waals surface area contributed by atoms with Gasteiger partial charge in [0.25, 0.3) is 0 Å². The van der Waals surface area contributed by atoms with Crippen molar-refractivity contribution in [2.24, 2.45) is 0 Å². The highest BCUT2D eigenvalue weighted by atomic mass is 32.2. The van der Waals surface area contributed by atoms with E-state index in [0.29, 0.717) is 11.4 Å². The lowest BCUT2D eigenvalue weighted by Crippen LogP contribution is -2.22. The van der Waals surface area contributed by atoms with Gasteiger partial charge in [-0.3, -0.25) is 0 Å². The molecule has 0 fully saturated rings. The van der Waals surface area contributed by atoms with Gasteiger partial charge in [-0.25, -0.2) is 13.1 Å². The molecule has 0 aliphatic rings. The van der Waals surface area contributed by atoms with Crippen molar-refractivity contribution >= 4 is 10.0 Å². The Balaban J connectivity index is 0.000000770. The summed E-state index contributed by atoms with van der Waals surface area (Å²) >= 11 is 0. The summed E-state index contributed by atoms with van der Waals surface area (Å²) in [6.07, 6.45) is 2.17. The summed E-state index contributed by atoms with van der Waals surface area (Å²) in [7, 11) is -3.29. The molecule has 0 aromatic heterocycles. The topological polar surface area (TPSA) is 46.2 Å². The highest BCUT2D eigenvalue weighted by molar-refractivity contribution is 7.89. The zero-order valence-corrected chi connectivity index (χ0v) is 12.0. The van der Waals surface area contributed by atoms with Crippen LogP contribution in [0.3, 0.4) is 0 Å². The molecule has 1 aromatic carbocycles. The molecule has 1 aromatic rings. The Morgan fingerprint density at radius 3 is 1.82 bits per heavy atom. The van der Waals surface area contributed by atoms with Crippen LogP contribution < -0.4 is 4.72 Å². The Morgan fingerprint density at radius 1 is 1.00 bits per heavy atom. The number of hydrogen-bond donors (Lipinski definition) is 1. The van der Waals surface area contributed by atoms with Crippen molar-refractivity contribution in [1.29, 1.82) is 0 Å². The van der Waals surface area contributed by atoms with E-state index in [1.165, 1.54) is 6.42 Å². The maximum atomic E-state index is 11.5. The number of aryl methyl sites for hydroxylation is 1. The second kappa shape index (κ2) is 8.25. The number of nitrogens with one attached hydrogen (secondary N) is 1. The molecule has 17 heavy (non-hydrogen) atoms. The zero-order chi connectivity index (χ0) is 13.3. The summed E-state index contributed by atoms with van der Waals surface area (Å²) in [6, 6.07) is 6.95. The van der Waals surface area contributed by atoms with Crippen molar-refractivity contribution in [3.8, 4) is 0 Å². The van der Waals surface area contributed by atoms with Gasteiger partial charge < -0.3 is 0 Å². The molecule has 0 unspecified atom stereocenters. The van der Waals surface area contributed by atoms with Gasteiger partial charge in [0.15, 0.2) is 0 Å². The summed E-state index contributed by atoms with van der Waals surface area (Å²) in [6.45, 7) is 8.46.